The molecule has 0 bridgehead atoms. The first-order chi connectivity index (χ1) is 9.02. The molecule has 19 heavy (non-hydrogen) atoms. The van der Waals surface area contributed by atoms with Crippen molar-refractivity contribution >= 4 is 40.8 Å². The number of aromatic amines is 1. The minimum absolute atomic E-state index is 0.0198. The van der Waals surface area contributed by atoms with E-state index in [-0.39, 0.29) is 17.5 Å². The van der Waals surface area contributed by atoms with Crippen molar-refractivity contribution in [3.8, 4) is 0 Å². The number of aromatic nitrogens is 2. The van der Waals surface area contributed by atoms with E-state index in [9.17, 15) is 9.18 Å². The van der Waals surface area contributed by atoms with Gasteiger partial charge in [0.25, 0.3) is 0 Å². The van der Waals surface area contributed by atoms with Gasteiger partial charge in [0.1, 0.15) is 12.4 Å². The van der Waals surface area contributed by atoms with Crippen molar-refractivity contribution in [1.29, 1.82) is 0 Å². The predicted molar refractivity (Wildman–Crippen MR) is 75.4 cm³/mol. The number of hydrogen-bond acceptors (Lipinski definition) is 2. The van der Waals surface area contributed by atoms with Crippen molar-refractivity contribution in [2.45, 2.75) is 19.9 Å². The third-order valence-electron chi connectivity index (χ3n) is 2.69. The standard InChI is InChI=1S/C12H13ClFN3OS/c1-2-3-15-11(18)6-17-10-5-8(14)7(13)4-9(10)16-12(17)19/h4-5H,2-3,6H2,1H3,(H,15,18)(H,16,19). The van der Waals surface area contributed by atoms with E-state index in [1.165, 1.54) is 12.1 Å². The molecule has 0 aliphatic rings. The van der Waals surface area contributed by atoms with Gasteiger partial charge in [-0.1, -0.05) is 18.5 Å². The van der Waals surface area contributed by atoms with E-state index in [1.807, 2.05) is 6.92 Å². The molecule has 0 aliphatic carbocycles. The molecule has 1 amide bonds. The lowest BCUT2D eigenvalue weighted by atomic mass is 10.3. The van der Waals surface area contributed by atoms with E-state index in [2.05, 4.69) is 10.3 Å². The summed E-state index contributed by atoms with van der Waals surface area (Å²) in [7, 11) is 0. The van der Waals surface area contributed by atoms with Crippen molar-refractivity contribution in [1.82, 2.24) is 14.9 Å². The molecule has 0 saturated carbocycles. The number of hydrogen-bond donors (Lipinski definition) is 2. The van der Waals surface area contributed by atoms with Gasteiger partial charge in [-0.25, -0.2) is 4.39 Å². The first kappa shape index (κ1) is 14.0. The van der Waals surface area contributed by atoms with Gasteiger partial charge in [0, 0.05) is 12.6 Å². The summed E-state index contributed by atoms with van der Waals surface area (Å²) in [6, 6.07) is 2.74. The number of nitrogens with one attached hydrogen (secondary N) is 2. The summed E-state index contributed by atoms with van der Waals surface area (Å²) in [5.41, 5.74) is 1.14. The van der Waals surface area contributed by atoms with Gasteiger partial charge in [0.2, 0.25) is 5.91 Å². The molecule has 1 aromatic heterocycles. The fourth-order valence-corrected chi connectivity index (χ4v) is 2.21. The molecule has 0 unspecified atom stereocenters. The largest absolute Gasteiger partial charge is 0.355 e. The highest BCUT2D eigenvalue weighted by molar-refractivity contribution is 7.71. The number of imidazole rings is 1. The van der Waals surface area contributed by atoms with Crippen molar-refractivity contribution in [3.05, 3.63) is 27.7 Å². The van der Waals surface area contributed by atoms with Crippen molar-refractivity contribution < 1.29 is 9.18 Å². The number of nitrogens with zero attached hydrogens (tertiary/aromatic N) is 1. The van der Waals surface area contributed by atoms with Gasteiger partial charge >= 0.3 is 0 Å². The lowest BCUT2D eigenvalue weighted by molar-refractivity contribution is -0.121. The summed E-state index contributed by atoms with van der Waals surface area (Å²) in [4.78, 5) is 14.6. The second kappa shape index (κ2) is 5.71. The maximum Gasteiger partial charge on any atom is 0.240 e. The van der Waals surface area contributed by atoms with Crippen molar-refractivity contribution in [3.63, 3.8) is 0 Å². The Hall–Kier alpha value is -1.40. The zero-order valence-electron chi connectivity index (χ0n) is 10.3. The molecule has 0 atom stereocenters. The Kier molecular flexibility index (Phi) is 4.21. The molecule has 4 nitrogen and oxygen atoms in total. The van der Waals surface area contributed by atoms with Crippen LogP contribution in [0.2, 0.25) is 5.02 Å². The summed E-state index contributed by atoms with van der Waals surface area (Å²) in [6.45, 7) is 2.63. The fourth-order valence-electron chi connectivity index (χ4n) is 1.77. The number of halogens is 2. The summed E-state index contributed by atoms with van der Waals surface area (Å²) < 4.78 is 15.4. The number of H-pyrrole nitrogens is 1. The molecule has 0 fully saturated rings. The Bertz CT molecular complexity index is 679. The summed E-state index contributed by atoms with van der Waals surface area (Å²) in [5, 5.41) is 2.77. The third kappa shape index (κ3) is 2.96. The monoisotopic (exact) mass is 301 g/mol. The van der Waals surface area contributed by atoms with E-state index < -0.39 is 5.82 Å². The highest BCUT2D eigenvalue weighted by Gasteiger charge is 2.11. The molecule has 0 saturated heterocycles. The highest BCUT2D eigenvalue weighted by atomic mass is 35.5. The topological polar surface area (TPSA) is 49.8 Å². The SMILES string of the molecule is CCCNC(=O)Cn1c(=S)[nH]c2cc(Cl)c(F)cc21. The number of carbonyl (C=O) groups is 1. The van der Waals surface area contributed by atoms with Crippen LogP contribution in [0.25, 0.3) is 11.0 Å². The van der Waals surface area contributed by atoms with Crippen LogP contribution in [0.1, 0.15) is 13.3 Å². The maximum absolute atomic E-state index is 13.5. The van der Waals surface area contributed by atoms with Crippen molar-refractivity contribution in [2.24, 2.45) is 0 Å². The molecule has 2 N–H and O–H groups in total. The number of amides is 1. The van der Waals surface area contributed by atoms with Gasteiger partial charge in [-0.3, -0.25) is 4.79 Å². The Morgan fingerprint density at radius 1 is 1.58 bits per heavy atom. The van der Waals surface area contributed by atoms with E-state index in [0.717, 1.165) is 6.42 Å². The van der Waals surface area contributed by atoms with Crippen LogP contribution in [0.5, 0.6) is 0 Å². The van der Waals surface area contributed by atoms with Crippen LogP contribution in [-0.4, -0.2) is 22.0 Å². The van der Waals surface area contributed by atoms with Gasteiger partial charge in [-0.05, 0) is 24.7 Å². The lowest BCUT2D eigenvalue weighted by Gasteiger charge is -2.06. The van der Waals surface area contributed by atoms with Crippen LogP contribution in [0.4, 0.5) is 4.39 Å². The summed E-state index contributed by atoms with van der Waals surface area (Å²) >= 11 is 10.8. The third-order valence-corrected chi connectivity index (χ3v) is 3.30. The molecule has 0 aliphatic heterocycles. The van der Waals surface area contributed by atoms with Crippen LogP contribution in [0, 0.1) is 10.6 Å². The number of rotatable bonds is 4. The van der Waals surface area contributed by atoms with Crippen LogP contribution < -0.4 is 5.32 Å². The zero-order chi connectivity index (χ0) is 14.0. The van der Waals surface area contributed by atoms with E-state index in [4.69, 9.17) is 23.8 Å². The first-order valence-electron chi connectivity index (χ1n) is 5.87. The molecule has 0 radical (unpaired) electrons. The van der Waals surface area contributed by atoms with Gasteiger partial charge in [0.15, 0.2) is 4.77 Å². The molecule has 1 heterocycles. The minimum Gasteiger partial charge on any atom is -0.355 e. The number of benzene rings is 1. The number of carbonyl (C=O) groups excluding carboxylic acids is 1. The Morgan fingerprint density at radius 3 is 3.00 bits per heavy atom. The van der Waals surface area contributed by atoms with Crippen LogP contribution >= 0.6 is 23.8 Å². The molecule has 7 heteroatoms. The van der Waals surface area contributed by atoms with Gasteiger partial charge < -0.3 is 14.9 Å². The van der Waals surface area contributed by atoms with E-state index >= 15 is 0 Å². The van der Waals surface area contributed by atoms with Crippen molar-refractivity contribution in [2.75, 3.05) is 6.54 Å². The van der Waals surface area contributed by atoms with Gasteiger partial charge in [-0.2, -0.15) is 0 Å². The minimum atomic E-state index is -0.536. The molecule has 102 valence electrons. The maximum atomic E-state index is 13.5. The quantitative estimate of drug-likeness (QED) is 0.853. The summed E-state index contributed by atoms with van der Waals surface area (Å²) in [6.07, 6.45) is 0.856. The number of fused-ring (bicyclic) bond motifs is 1. The zero-order valence-corrected chi connectivity index (χ0v) is 11.9. The Morgan fingerprint density at radius 2 is 2.32 bits per heavy atom. The molecule has 1 aromatic carbocycles. The van der Waals surface area contributed by atoms with Crippen LogP contribution in [0.3, 0.4) is 0 Å². The summed E-state index contributed by atoms with van der Waals surface area (Å²) in [5.74, 6) is -0.694. The molecular weight excluding hydrogens is 289 g/mol. The second-order valence-corrected chi connectivity index (χ2v) is 4.94. The van der Waals surface area contributed by atoms with Crippen LogP contribution in [-0.2, 0) is 11.3 Å². The highest BCUT2D eigenvalue weighted by Crippen LogP contribution is 2.22. The Labute approximate surface area is 119 Å². The first-order valence-corrected chi connectivity index (χ1v) is 6.65. The average Bonchev–Trinajstić information content (AvgIpc) is 2.64. The van der Waals surface area contributed by atoms with Crippen LogP contribution in [0.15, 0.2) is 12.1 Å². The fraction of sp³-hybridized carbons (Fsp3) is 0.333. The van der Waals surface area contributed by atoms with E-state index in [1.54, 1.807) is 4.57 Å². The molecule has 2 rings (SSSR count). The smallest absolute Gasteiger partial charge is 0.240 e. The predicted octanol–water partition coefficient (Wildman–Crippen LogP) is 3.02. The van der Waals surface area contributed by atoms with E-state index in [0.29, 0.717) is 22.3 Å². The molecule has 0 spiro atoms. The molecular formula is C12H13ClFN3OS. The average molecular weight is 302 g/mol. The normalized spacial score (nSPS) is 10.9. The Balaban J connectivity index is 2.37. The molecule has 2 aromatic rings. The lowest BCUT2D eigenvalue weighted by Crippen LogP contribution is -2.28. The van der Waals surface area contributed by atoms with Gasteiger partial charge in [0.05, 0.1) is 16.1 Å². The second-order valence-electron chi connectivity index (χ2n) is 4.15. The van der Waals surface area contributed by atoms with Gasteiger partial charge in [-0.15, -0.1) is 0 Å².